The van der Waals surface area contributed by atoms with Crippen molar-refractivity contribution in [3.05, 3.63) is 35.1 Å². The predicted molar refractivity (Wildman–Crippen MR) is 130 cm³/mol. The average Bonchev–Trinajstić information content (AvgIpc) is 3.02. The molecular weight excluding hydrogens is 439 g/mol. The fourth-order valence-electron chi connectivity index (χ4n) is 3.82. The van der Waals surface area contributed by atoms with Crippen LogP contribution in [-0.4, -0.2) is 92.8 Å². The number of nitrogens with one attached hydrogen (secondary N) is 3. The van der Waals surface area contributed by atoms with Crippen molar-refractivity contribution < 1.29 is 18.8 Å². The lowest BCUT2D eigenvalue weighted by molar-refractivity contribution is -0.127. The Morgan fingerprint density at radius 2 is 1.82 bits per heavy atom. The number of amidine groups is 1. The van der Waals surface area contributed by atoms with Gasteiger partial charge < -0.3 is 25.8 Å². The van der Waals surface area contributed by atoms with E-state index in [0.717, 1.165) is 18.9 Å². The fourth-order valence-corrected chi connectivity index (χ4v) is 3.82. The van der Waals surface area contributed by atoms with Crippen LogP contribution < -0.4 is 16.0 Å². The van der Waals surface area contributed by atoms with Crippen LogP contribution in [0.1, 0.15) is 43.1 Å². The summed E-state index contributed by atoms with van der Waals surface area (Å²) in [6, 6.07) is 3.34. The van der Waals surface area contributed by atoms with Crippen molar-refractivity contribution in [2.75, 3.05) is 47.3 Å². The van der Waals surface area contributed by atoms with Gasteiger partial charge in [-0.3, -0.25) is 19.4 Å². The highest BCUT2D eigenvalue weighted by molar-refractivity contribution is 6.05. The van der Waals surface area contributed by atoms with Crippen molar-refractivity contribution in [1.82, 2.24) is 25.8 Å². The molecule has 2 aliphatic heterocycles. The average molecular weight is 477 g/mol. The van der Waals surface area contributed by atoms with E-state index in [-0.39, 0.29) is 30.0 Å². The van der Waals surface area contributed by atoms with Crippen LogP contribution in [-0.2, 0) is 9.59 Å². The van der Waals surface area contributed by atoms with Gasteiger partial charge >= 0.3 is 0 Å². The molecule has 34 heavy (non-hydrogen) atoms. The van der Waals surface area contributed by atoms with Gasteiger partial charge in [0.25, 0.3) is 5.91 Å². The number of nitrogens with zero attached hydrogens (tertiary/aromatic N) is 3. The zero-order valence-electron chi connectivity index (χ0n) is 20.9. The van der Waals surface area contributed by atoms with Crippen LogP contribution in [0.15, 0.2) is 23.2 Å². The van der Waals surface area contributed by atoms with E-state index in [2.05, 4.69) is 51.5 Å². The SMILES string of the molecule is CC(C)C.CNC(=O)CNC(=O)C1N=C(c2ccc(F)c(C(=O)NC)c2)N2CCCN(C)CC12. The lowest BCUT2D eigenvalue weighted by Crippen LogP contribution is -2.50. The number of carbonyl (C=O) groups excluding carboxylic acids is 3. The summed E-state index contributed by atoms with van der Waals surface area (Å²) < 4.78 is 14.1. The van der Waals surface area contributed by atoms with E-state index in [1.54, 1.807) is 6.07 Å². The second-order valence-electron chi connectivity index (χ2n) is 9.17. The van der Waals surface area contributed by atoms with Crippen molar-refractivity contribution in [2.24, 2.45) is 10.9 Å². The molecule has 0 aliphatic carbocycles. The van der Waals surface area contributed by atoms with Gasteiger partial charge in [-0.25, -0.2) is 4.39 Å². The second kappa shape index (κ2) is 12.5. The molecule has 1 saturated heterocycles. The largest absolute Gasteiger partial charge is 0.358 e. The monoisotopic (exact) mass is 476 g/mol. The van der Waals surface area contributed by atoms with Gasteiger partial charge in [-0.15, -0.1) is 0 Å². The van der Waals surface area contributed by atoms with Gasteiger partial charge in [-0.1, -0.05) is 20.8 Å². The van der Waals surface area contributed by atoms with Crippen molar-refractivity contribution in [3.63, 3.8) is 0 Å². The Balaban J connectivity index is 0.000000945. The Morgan fingerprint density at radius 1 is 1.15 bits per heavy atom. The number of fused-ring (bicyclic) bond motifs is 1. The maximum Gasteiger partial charge on any atom is 0.254 e. The number of likely N-dealkylation sites (N-methyl/N-ethyl adjacent to an activating group) is 2. The summed E-state index contributed by atoms with van der Waals surface area (Å²) in [4.78, 5) is 45.2. The minimum Gasteiger partial charge on any atom is -0.358 e. The Kier molecular flexibility index (Phi) is 9.97. The van der Waals surface area contributed by atoms with E-state index in [1.807, 2.05) is 7.05 Å². The first-order chi connectivity index (χ1) is 16.1. The molecular formula is C24H37FN6O3. The van der Waals surface area contributed by atoms with Gasteiger partial charge in [0.05, 0.1) is 18.2 Å². The molecule has 3 amide bonds. The van der Waals surface area contributed by atoms with Crippen molar-refractivity contribution in [2.45, 2.75) is 39.3 Å². The Hall–Kier alpha value is -3.01. The number of hydrogen-bond acceptors (Lipinski definition) is 6. The fraction of sp³-hybridized carbons (Fsp3) is 0.583. The van der Waals surface area contributed by atoms with Gasteiger partial charge in [-0.2, -0.15) is 0 Å². The summed E-state index contributed by atoms with van der Waals surface area (Å²) in [6.45, 7) is 8.55. The summed E-state index contributed by atoms with van der Waals surface area (Å²) in [5.41, 5.74) is 0.500. The van der Waals surface area contributed by atoms with Gasteiger partial charge in [-0.05, 0) is 44.1 Å². The summed E-state index contributed by atoms with van der Waals surface area (Å²) in [5.74, 6) is -0.397. The lowest BCUT2D eigenvalue weighted by atomic mass is 10.1. The first kappa shape index (κ1) is 27.2. The Morgan fingerprint density at radius 3 is 2.44 bits per heavy atom. The highest BCUT2D eigenvalue weighted by Gasteiger charge is 2.42. The lowest BCUT2D eigenvalue weighted by Gasteiger charge is -2.29. The molecule has 188 valence electrons. The van der Waals surface area contributed by atoms with Crippen LogP contribution >= 0.6 is 0 Å². The Bertz CT molecular complexity index is 917. The van der Waals surface area contributed by atoms with E-state index in [4.69, 9.17) is 0 Å². The van der Waals surface area contributed by atoms with Crippen LogP contribution in [0, 0.1) is 11.7 Å². The second-order valence-corrected chi connectivity index (χ2v) is 9.17. The number of benzene rings is 1. The molecule has 2 unspecified atom stereocenters. The number of carbonyl (C=O) groups is 3. The molecule has 0 aromatic heterocycles. The molecule has 1 fully saturated rings. The first-order valence-electron chi connectivity index (χ1n) is 11.6. The molecule has 9 nitrogen and oxygen atoms in total. The molecule has 2 atom stereocenters. The highest BCUT2D eigenvalue weighted by atomic mass is 19.1. The van der Waals surface area contributed by atoms with E-state index in [9.17, 15) is 18.8 Å². The molecule has 1 aromatic carbocycles. The van der Waals surface area contributed by atoms with Crippen LogP contribution in [0.25, 0.3) is 0 Å². The summed E-state index contributed by atoms with van der Waals surface area (Å²) in [7, 11) is 4.93. The van der Waals surface area contributed by atoms with Gasteiger partial charge in [0, 0.05) is 32.7 Å². The molecule has 0 saturated carbocycles. The smallest absolute Gasteiger partial charge is 0.254 e. The minimum atomic E-state index is -0.710. The van der Waals surface area contributed by atoms with Gasteiger partial charge in [0.15, 0.2) is 6.04 Å². The highest BCUT2D eigenvalue weighted by Crippen LogP contribution is 2.26. The van der Waals surface area contributed by atoms with E-state index >= 15 is 0 Å². The third-order valence-electron chi connectivity index (χ3n) is 5.40. The quantitative estimate of drug-likeness (QED) is 0.584. The zero-order chi connectivity index (χ0) is 25.4. The minimum absolute atomic E-state index is 0.0753. The summed E-state index contributed by atoms with van der Waals surface area (Å²) in [6.07, 6.45) is 0.877. The molecule has 10 heteroatoms. The standard InChI is InChI=1S/C20H27FN6O3.C4H10/c1-22-16(28)10-24-20(30)17-15-11-26(3)7-4-8-27(15)18(25-17)12-5-6-14(21)13(9-12)19(29)23-2;1-4(2)3/h5-6,9,15,17H,4,7-8,10-11H2,1-3H3,(H,22,28)(H,23,29)(H,24,30);4H,1-3H3. The topological polar surface area (TPSA) is 106 Å². The van der Waals surface area contributed by atoms with Crippen molar-refractivity contribution >= 4 is 23.6 Å². The van der Waals surface area contributed by atoms with Crippen LogP contribution in [0.3, 0.4) is 0 Å². The van der Waals surface area contributed by atoms with Crippen LogP contribution in [0.5, 0.6) is 0 Å². The maximum atomic E-state index is 14.1. The zero-order valence-corrected chi connectivity index (χ0v) is 20.9. The number of aliphatic imine (C=N–C) groups is 1. The molecule has 2 heterocycles. The molecule has 0 spiro atoms. The molecule has 2 aliphatic rings. The van der Waals surface area contributed by atoms with Crippen molar-refractivity contribution in [1.29, 1.82) is 0 Å². The number of halogens is 1. The van der Waals surface area contributed by atoms with Gasteiger partial charge in [0.2, 0.25) is 11.8 Å². The molecule has 3 rings (SSSR count). The first-order valence-corrected chi connectivity index (χ1v) is 11.6. The maximum absolute atomic E-state index is 14.1. The third-order valence-corrected chi connectivity index (χ3v) is 5.40. The van der Waals surface area contributed by atoms with Crippen LogP contribution in [0.4, 0.5) is 4.39 Å². The van der Waals surface area contributed by atoms with Gasteiger partial charge in [0.1, 0.15) is 11.7 Å². The van der Waals surface area contributed by atoms with E-state index < -0.39 is 17.8 Å². The number of hydrogen-bond donors (Lipinski definition) is 3. The van der Waals surface area contributed by atoms with E-state index in [1.165, 1.54) is 26.2 Å². The van der Waals surface area contributed by atoms with Crippen molar-refractivity contribution in [3.8, 4) is 0 Å². The van der Waals surface area contributed by atoms with Crippen LogP contribution in [0.2, 0.25) is 0 Å². The Labute approximate surface area is 201 Å². The van der Waals surface area contributed by atoms with E-state index in [0.29, 0.717) is 24.5 Å². The molecule has 3 N–H and O–H groups in total. The molecule has 0 radical (unpaired) electrons. The molecule has 1 aromatic rings. The summed E-state index contributed by atoms with van der Waals surface area (Å²) >= 11 is 0. The number of rotatable bonds is 5. The number of amides is 3. The normalized spacial score (nSPS) is 19.9. The predicted octanol–water partition coefficient (Wildman–Crippen LogP) is 0.845. The molecule has 0 bridgehead atoms. The summed E-state index contributed by atoms with van der Waals surface area (Å²) in [5, 5.41) is 7.53. The third kappa shape index (κ3) is 6.99.